The standard InChI is InChI=1S/C22H38N6O4/c1-5-6-11-27-18(29)16(17(23)24)19(30)28(21(27)32)15-9-7-14(8-10-15)12-22(2)13-25(3)20(31)26(22)4/h14-15,19,30H,5-13,23-24H2,1-4H3/t14?,15?,19?,22-/m1/s1. The Hall–Kier alpha value is -2.49. The van der Waals surface area contributed by atoms with Crippen molar-refractivity contribution >= 4 is 18.0 Å². The molecule has 2 heterocycles. The SMILES string of the molecule is CCCCN1C(=O)C(=C(N)N)C(O)N(C2CCC(C[C@]3(C)CN(C)C(=O)N3C)CC2)C1=O. The number of carbonyl (C=O) groups is 3. The zero-order chi connectivity index (χ0) is 23.8. The van der Waals surface area contributed by atoms with Gasteiger partial charge in [-0.1, -0.05) is 13.3 Å². The molecule has 3 aliphatic rings. The Balaban J connectivity index is 1.70. The maximum Gasteiger partial charge on any atom is 0.329 e. The maximum atomic E-state index is 13.2. The van der Waals surface area contributed by atoms with Gasteiger partial charge in [0.1, 0.15) is 11.4 Å². The molecule has 3 fully saturated rings. The Kier molecular flexibility index (Phi) is 6.92. The topological polar surface area (TPSA) is 136 Å². The highest BCUT2D eigenvalue weighted by Crippen LogP contribution is 2.39. The van der Waals surface area contributed by atoms with Crippen LogP contribution >= 0.6 is 0 Å². The lowest BCUT2D eigenvalue weighted by molar-refractivity contribution is -0.132. The Morgan fingerprint density at radius 2 is 1.72 bits per heavy atom. The molecule has 5 N–H and O–H groups in total. The van der Waals surface area contributed by atoms with Gasteiger partial charge < -0.3 is 26.4 Å². The molecule has 2 atom stereocenters. The number of nitrogens with zero attached hydrogens (tertiary/aromatic N) is 4. The Morgan fingerprint density at radius 3 is 2.22 bits per heavy atom. The van der Waals surface area contributed by atoms with Crippen LogP contribution in [0.2, 0.25) is 0 Å². The molecule has 0 aromatic carbocycles. The quantitative estimate of drug-likeness (QED) is 0.520. The molecule has 1 saturated carbocycles. The van der Waals surface area contributed by atoms with Gasteiger partial charge in [0.25, 0.3) is 5.91 Å². The summed E-state index contributed by atoms with van der Waals surface area (Å²) in [6.07, 6.45) is 4.15. The van der Waals surface area contributed by atoms with Crippen LogP contribution in [0.5, 0.6) is 0 Å². The average Bonchev–Trinajstić information content (AvgIpc) is 2.91. The number of likely N-dealkylation sites (N-methyl/N-ethyl adjacent to an activating group) is 2. The number of imide groups is 1. The summed E-state index contributed by atoms with van der Waals surface area (Å²) < 4.78 is 0. The number of aliphatic hydroxyl groups is 1. The number of carbonyl (C=O) groups excluding carboxylic acids is 3. The molecule has 0 bridgehead atoms. The number of hydrogen-bond acceptors (Lipinski definition) is 6. The average molecular weight is 451 g/mol. The number of hydrogen-bond donors (Lipinski definition) is 3. The molecule has 5 amide bonds. The summed E-state index contributed by atoms with van der Waals surface area (Å²) in [6.45, 7) is 5.07. The predicted octanol–water partition coefficient (Wildman–Crippen LogP) is 1.20. The van der Waals surface area contributed by atoms with Gasteiger partial charge in [-0.3, -0.25) is 14.6 Å². The highest BCUT2D eigenvalue weighted by molar-refractivity contribution is 6.07. The zero-order valence-electron chi connectivity index (χ0n) is 19.7. The summed E-state index contributed by atoms with van der Waals surface area (Å²) in [7, 11) is 3.68. The molecule has 180 valence electrons. The number of nitrogens with two attached hydrogens (primary N) is 2. The molecular weight excluding hydrogens is 412 g/mol. The summed E-state index contributed by atoms with van der Waals surface area (Å²) in [6, 6.07) is -0.628. The second-order valence-electron chi connectivity index (χ2n) is 9.82. The first kappa shape index (κ1) is 24.2. The smallest absolute Gasteiger partial charge is 0.329 e. The third-order valence-electron chi connectivity index (χ3n) is 7.43. The summed E-state index contributed by atoms with van der Waals surface area (Å²) in [4.78, 5) is 44.3. The molecule has 1 unspecified atom stereocenters. The number of aliphatic hydroxyl groups excluding tert-OH is 1. The van der Waals surface area contributed by atoms with E-state index in [2.05, 4.69) is 6.92 Å². The lowest BCUT2D eigenvalue weighted by atomic mass is 9.77. The minimum atomic E-state index is -1.43. The third kappa shape index (κ3) is 4.24. The van der Waals surface area contributed by atoms with Gasteiger partial charge in [-0.2, -0.15) is 0 Å². The highest BCUT2D eigenvalue weighted by atomic mass is 16.3. The van der Waals surface area contributed by atoms with Crippen LogP contribution < -0.4 is 11.5 Å². The molecule has 3 rings (SSSR count). The first-order valence-electron chi connectivity index (χ1n) is 11.6. The summed E-state index contributed by atoms with van der Waals surface area (Å²) in [5.74, 6) is -0.435. The van der Waals surface area contributed by atoms with E-state index in [1.54, 1.807) is 4.90 Å². The normalized spacial score (nSPS) is 31.7. The Labute approximate surface area is 190 Å². The first-order valence-corrected chi connectivity index (χ1v) is 11.6. The van der Waals surface area contributed by atoms with Crippen molar-refractivity contribution in [3.05, 3.63) is 11.4 Å². The van der Waals surface area contributed by atoms with Crippen molar-refractivity contribution in [3.63, 3.8) is 0 Å². The Morgan fingerprint density at radius 1 is 1.09 bits per heavy atom. The molecule has 32 heavy (non-hydrogen) atoms. The maximum absolute atomic E-state index is 13.2. The monoisotopic (exact) mass is 450 g/mol. The van der Waals surface area contributed by atoms with E-state index in [9.17, 15) is 19.5 Å². The van der Waals surface area contributed by atoms with Crippen LogP contribution in [0.3, 0.4) is 0 Å². The van der Waals surface area contributed by atoms with Crippen LogP contribution in [-0.2, 0) is 4.79 Å². The molecular formula is C22H38N6O4. The van der Waals surface area contributed by atoms with Crippen molar-refractivity contribution in [1.82, 2.24) is 19.6 Å². The first-order chi connectivity index (χ1) is 15.0. The predicted molar refractivity (Wildman–Crippen MR) is 120 cm³/mol. The highest BCUT2D eigenvalue weighted by Gasteiger charge is 2.48. The van der Waals surface area contributed by atoms with E-state index in [1.165, 1.54) is 4.90 Å². The van der Waals surface area contributed by atoms with Gasteiger partial charge in [-0.15, -0.1) is 0 Å². The van der Waals surface area contributed by atoms with Crippen LogP contribution in [-0.4, -0.2) is 87.7 Å². The van der Waals surface area contributed by atoms with Crippen LogP contribution in [0.4, 0.5) is 9.59 Å². The van der Waals surface area contributed by atoms with Crippen molar-refractivity contribution in [1.29, 1.82) is 0 Å². The van der Waals surface area contributed by atoms with E-state index in [4.69, 9.17) is 11.5 Å². The van der Waals surface area contributed by atoms with Gasteiger partial charge in [-0.05, 0) is 51.4 Å². The minimum Gasteiger partial charge on any atom is -0.385 e. The third-order valence-corrected chi connectivity index (χ3v) is 7.43. The van der Waals surface area contributed by atoms with Crippen LogP contribution in [0.1, 0.15) is 58.8 Å². The number of urea groups is 2. The van der Waals surface area contributed by atoms with E-state index in [0.717, 1.165) is 30.6 Å². The second-order valence-corrected chi connectivity index (χ2v) is 9.82. The lowest BCUT2D eigenvalue weighted by Gasteiger charge is -2.46. The second kappa shape index (κ2) is 9.17. The van der Waals surface area contributed by atoms with Crippen molar-refractivity contribution < 1.29 is 19.5 Å². The minimum absolute atomic E-state index is 0.0405. The fraction of sp³-hybridized carbons (Fsp3) is 0.773. The molecule has 1 aliphatic carbocycles. The van der Waals surface area contributed by atoms with Gasteiger partial charge in [0.15, 0.2) is 6.23 Å². The summed E-state index contributed by atoms with van der Waals surface area (Å²) >= 11 is 0. The molecule has 0 spiro atoms. The summed E-state index contributed by atoms with van der Waals surface area (Å²) in [5.41, 5.74) is 11.1. The van der Waals surface area contributed by atoms with E-state index >= 15 is 0 Å². The van der Waals surface area contributed by atoms with Crippen LogP contribution in [0.25, 0.3) is 0 Å². The Bertz CT molecular complexity index is 789. The molecule has 0 aromatic rings. The fourth-order valence-electron chi connectivity index (χ4n) is 5.49. The van der Waals surface area contributed by atoms with Crippen molar-refractivity contribution in [2.24, 2.45) is 17.4 Å². The molecule has 10 heteroatoms. The van der Waals surface area contributed by atoms with Crippen LogP contribution in [0.15, 0.2) is 11.4 Å². The number of rotatable bonds is 6. The number of unbranched alkanes of at least 4 members (excludes halogenated alkanes) is 1. The largest absolute Gasteiger partial charge is 0.385 e. The molecule has 2 aliphatic heterocycles. The van der Waals surface area contributed by atoms with Crippen LogP contribution in [0, 0.1) is 5.92 Å². The van der Waals surface area contributed by atoms with E-state index < -0.39 is 18.2 Å². The summed E-state index contributed by atoms with van der Waals surface area (Å²) in [5, 5.41) is 10.9. The number of amides is 5. The van der Waals surface area contributed by atoms with E-state index in [-0.39, 0.29) is 35.6 Å². The van der Waals surface area contributed by atoms with Crippen molar-refractivity contribution in [2.75, 3.05) is 27.2 Å². The lowest BCUT2D eigenvalue weighted by Crippen LogP contribution is -2.62. The van der Waals surface area contributed by atoms with Gasteiger partial charge in [0, 0.05) is 33.2 Å². The molecule has 10 nitrogen and oxygen atoms in total. The van der Waals surface area contributed by atoms with Crippen molar-refractivity contribution in [2.45, 2.75) is 76.6 Å². The fourth-order valence-corrected chi connectivity index (χ4v) is 5.49. The van der Waals surface area contributed by atoms with Gasteiger partial charge in [-0.25, -0.2) is 9.59 Å². The zero-order valence-corrected chi connectivity index (χ0v) is 19.7. The molecule has 0 aromatic heterocycles. The molecule has 2 saturated heterocycles. The van der Waals surface area contributed by atoms with Gasteiger partial charge in [0.2, 0.25) is 0 Å². The molecule has 0 radical (unpaired) electrons. The van der Waals surface area contributed by atoms with Gasteiger partial charge in [0.05, 0.1) is 5.54 Å². The van der Waals surface area contributed by atoms with E-state index in [0.29, 0.717) is 31.7 Å². The van der Waals surface area contributed by atoms with Gasteiger partial charge >= 0.3 is 12.1 Å². The van der Waals surface area contributed by atoms with E-state index in [1.807, 2.05) is 25.9 Å². The van der Waals surface area contributed by atoms with Crippen molar-refractivity contribution in [3.8, 4) is 0 Å².